The molecule has 5 nitrogen and oxygen atoms in total. The smallest absolute Gasteiger partial charge is 0.417 e. The highest BCUT2D eigenvalue weighted by molar-refractivity contribution is 5.71. The number of phenolic OH excluding ortho intramolecular Hbond substituents is 1. The third-order valence-electron chi connectivity index (χ3n) is 3.04. The lowest BCUT2D eigenvalue weighted by Gasteiger charge is -2.14. The molecule has 7 N–H and O–H groups in total. The van der Waals surface area contributed by atoms with E-state index in [1.807, 2.05) is 0 Å². The Labute approximate surface area is 123 Å². The fraction of sp³-hybridized carbons (Fsp3) is 0.0714. The average molecular weight is 310 g/mol. The van der Waals surface area contributed by atoms with Gasteiger partial charge in [0, 0.05) is 22.8 Å². The third-order valence-corrected chi connectivity index (χ3v) is 3.04. The molecule has 2 aromatic rings. The Kier molecular flexibility index (Phi) is 3.85. The molecule has 0 radical (unpaired) electrons. The summed E-state index contributed by atoms with van der Waals surface area (Å²) >= 11 is 0. The monoisotopic (exact) mass is 310 g/mol. The van der Waals surface area contributed by atoms with Crippen molar-refractivity contribution in [1.29, 1.82) is 0 Å². The number of aromatic hydroxyl groups is 1. The SMILES string of the molecule is NC(N)=c1cncc/c1=C(/N)c1c(O)cccc1C(F)(F)F. The lowest BCUT2D eigenvalue weighted by Crippen LogP contribution is -2.37. The van der Waals surface area contributed by atoms with Gasteiger partial charge in [0.25, 0.3) is 0 Å². The summed E-state index contributed by atoms with van der Waals surface area (Å²) in [6.07, 6.45) is -2.06. The van der Waals surface area contributed by atoms with Crippen LogP contribution in [0.2, 0.25) is 0 Å². The first-order valence-corrected chi connectivity index (χ1v) is 6.08. The van der Waals surface area contributed by atoms with E-state index in [2.05, 4.69) is 4.98 Å². The first-order chi connectivity index (χ1) is 10.2. The van der Waals surface area contributed by atoms with E-state index in [0.717, 1.165) is 18.2 Å². The molecule has 0 bridgehead atoms. The minimum absolute atomic E-state index is 0.143. The van der Waals surface area contributed by atoms with Crippen LogP contribution in [0, 0.1) is 0 Å². The Balaban J connectivity index is 2.96. The quantitative estimate of drug-likeness (QED) is 0.588. The summed E-state index contributed by atoms with van der Waals surface area (Å²) in [7, 11) is 0. The summed E-state index contributed by atoms with van der Waals surface area (Å²) in [5.41, 5.74) is 15.0. The Bertz CT molecular complexity index is 827. The summed E-state index contributed by atoms with van der Waals surface area (Å²) in [6.45, 7) is 0. The second-order valence-electron chi connectivity index (χ2n) is 4.49. The van der Waals surface area contributed by atoms with Gasteiger partial charge in [-0.25, -0.2) is 0 Å². The van der Waals surface area contributed by atoms with Gasteiger partial charge in [-0.1, -0.05) is 6.07 Å². The van der Waals surface area contributed by atoms with Gasteiger partial charge in [0.1, 0.15) is 11.6 Å². The van der Waals surface area contributed by atoms with Gasteiger partial charge in [0.2, 0.25) is 0 Å². The van der Waals surface area contributed by atoms with E-state index in [0.29, 0.717) is 0 Å². The first kappa shape index (κ1) is 15.5. The molecule has 22 heavy (non-hydrogen) atoms. The average Bonchev–Trinajstić information content (AvgIpc) is 2.45. The zero-order valence-corrected chi connectivity index (χ0v) is 11.2. The maximum atomic E-state index is 13.1. The van der Waals surface area contributed by atoms with Gasteiger partial charge in [-0.2, -0.15) is 13.2 Å². The third kappa shape index (κ3) is 2.76. The van der Waals surface area contributed by atoms with E-state index in [4.69, 9.17) is 17.2 Å². The lowest BCUT2D eigenvalue weighted by molar-refractivity contribution is -0.137. The minimum Gasteiger partial charge on any atom is -0.507 e. The van der Waals surface area contributed by atoms with E-state index in [1.165, 1.54) is 18.5 Å². The molecule has 0 amide bonds. The summed E-state index contributed by atoms with van der Waals surface area (Å²) in [5, 5.41) is 10.2. The maximum Gasteiger partial charge on any atom is 0.417 e. The Hall–Kier alpha value is -2.90. The molecule has 0 aliphatic carbocycles. The zero-order chi connectivity index (χ0) is 16.5. The summed E-state index contributed by atoms with van der Waals surface area (Å²) in [5.74, 6) is -0.735. The second-order valence-corrected chi connectivity index (χ2v) is 4.49. The number of benzene rings is 1. The van der Waals surface area contributed by atoms with Gasteiger partial charge in [-0.15, -0.1) is 0 Å². The number of phenols is 1. The van der Waals surface area contributed by atoms with Gasteiger partial charge >= 0.3 is 6.18 Å². The molecule has 0 aliphatic heterocycles. The lowest BCUT2D eigenvalue weighted by atomic mass is 10.0. The van der Waals surface area contributed by atoms with E-state index in [1.54, 1.807) is 0 Å². The number of aromatic nitrogens is 1. The molecule has 0 fully saturated rings. The zero-order valence-electron chi connectivity index (χ0n) is 11.2. The highest BCUT2D eigenvalue weighted by Gasteiger charge is 2.35. The minimum atomic E-state index is -4.68. The van der Waals surface area contributed by atoms with Crippen LogP contribution in [0.15, 0.2) is 36.7 Å². The molecular weight excluding hydrogens is 297 g/mol. The topological polar surface area (TPSA) is 111 Å². The molecule has 0 saturated heterocycles. The van der Waals surface area contributed by atoms with E-state index in [-0.39, 0.29) is 22.0 Å². The summed E-state index contributed by atoms with van der Waals surface area (Å²) in [4.78, 5) is 3.80. The van der Waals surface area contributed by atoms with E-state index in [9.17, 15) is 18.3 Å². The van der Waals surface area contributed by atoms with Gasteiger partial charge in [0.05, 0.1) is 16.8 Å². The van der Waals surface area contributed by atoms with Crippen LogP contribution in [0.25, 0.3) is 11.5 Å². The second kappa shape index (κ2) is 5.47. The molecule has 0 saturated carbocycles. The fourth-order valence-corrected chi connectivity index (χ4v) is 2.05. The van der Waals surface area contributed by atoms with Crippen LogP contribution in [0.4, 0.5) is 13.2 Å². The number of hydrogen-bond acceptors (Lipinski definition) is 5. The van der Waals surface area contributed by atoms with Crippen molar-refractivity contribution in [2.24, 2.45) is 17.2 Å². The van der Waals surface area contributed by atoms with Crippen molar-refractivity contribution in [1.82, 2.24) is 4.98 Å². The molecule has 1 heterocycles. The molecule has 2 rings (SSSR count). The van der Waals surface area contributed by atoms with Crippen LogP contribution >= 0.6 is 0 Å². The molecule has 8 heteroatoms. The van der Waals surface area contributed by atoms with Gasteiger partial charge < -0.3 is 22.3 Å². The normalized spacial score (nSPS) is 12.9. The van der Waals surface area contributed by atoms with Crippen LogP contribution in [-0.4, -0.2) is 10.1 Å². The molecule has 0 aliphatic rings. The van der Waals surface area contributed by atoms with Gasteiger partial charge in [0.15, 0.2) is 0 Å². The Morgan fingerprint density at radius 3 is 2.32 bits per heavy atom. The highest BCUT2D eigenvalue weighted by atomic mass is 19.4. The number of nitrogens with two attached hydrogens (primary N) is 3. The van der Waals surface area contributed by atoms with Crippen molar-refractivity contribution in [2.75, 3.05) is 0 Å². The molecule has 0 unspecified atom stereocenters. The van der Waals surface area contributed by atoms with Crippen molar-refractivity contribution < 1.29 is 18.3 Å². The summed E-state index contributed by atoms with van der Waals surface area (Å²) < 4.78 is 39.3. The van der Waals surface area contributed by atoms with Crippen molar-refractivity contribution in [2.45, 2.75) is 6.18 Å². The van der Waals surface area contributed by atoms with Crippen molar-refractivity contribution in [3.8, 4) is 5.75 Å². The summed E-state index contributed by atoms with van der Waals surface area (Å²) in [6, 6.07) is 4.41. The number of nitrogens with zero attached hydrogens (tertiary/aromatic N) is 1. The standard InChI is InChI=1S/C14H13F3N4O/c15-14(16,17)9-2-1-3-10(22)11(9)12(18)7-4-5-21-6-8(7)13(19)20/h1-6,22H,18-20H2/b12-7-. The van der Waals surface area contributed by atoms with Gasteiger partial charge in [-0.05, 0) is 18.2 Å². The van der Waals surface area contributed by atoms with Crippen LogP contribution in [0.5, 0.6) is 5.75 Å². The number of hydrogen-bond donors (Lipinski definition) is 4. The van der Waals surface area contributed by atoms with Crippen molar-refractivity contribution >= 4 is 11.5 Å². The molecule has 0 atom stereocenters. The number of alkyl halides is 3. The Morgan fingerprint density at radius 2 is 1.73 bits per heavy atom. The van der Waals surface area contributed by atoms with Crippen molar-refractivity contribution in [3.05, 3.63) is 58.2 Å². The largest absolute Gasteiger partial charge is 0.507 e. The molecule has 116 valence electrons. The van der Waals surface area contributed by atoms with Crippen molar-refractivity contribution in [3.63, 3.8) is 0 Å². The number of rotatable bonds is 1. The predicted molar refractivity (Wildman–Crippen MR) is 75.1 cm³/mol. The van der Waals surface area contributed by atoms with E-state index < -0.39 is 23.1 Å². The highest BCUT2D eigenvalue weighted by Crippen LogP contribution is 2.37. The predicted octanol–water partition coefficient (Wildman–Crippen LogP) is -0.0957. The van der Waals surface area contributed by atoms with E-state index >= 15 is 0 Å². The van der Waals surface area contributed by atoms with Crippen LogP contribution < -0.4 is 27.6 Å². The van der Waals surface area contributed by atoms with Gasteiger partial charge in [-0.3, -0.25) is 4.98 Å². The maximum absolute atomic E-state index is 13.1. The molecule has 1 aromatic carbocycles. The molecule has 1 aromatic heterocycles. The van der Waals surface area contributed by atoms with Crippen LogP contribution in [-0.2, 0) is 6.18 Å². The molecular formula is C14H13F3N4O. The van der Waals surface area contributed by atoms with Crippen LogP contribution in [0.3, 0.4) is 0 Å². The van der Waals surface area contributed by atoms with Crippen LogP contribution in [0.1, 0.15) is 11.1 Å². The Morgan fingerprint density at radius 1 is 1.05 bits per heavy atom. The molecule has 0 spiro atoms. The first-order valence-electron chi connectivity index (χ1n) is 6.08. The fourth-order valence-electron chi connectivity index (χ4n) is 2.05. The number of halogens is 3. The number of pyridine rings is 1.